The van der Waals surface area contributed by atoms with Gasteiger partial charge in [0.05, 0.1) is 6.61 Å². The second-order valence-electron chi connectivity index (χ2n) is 4.27. The summed E-state index contributed by atoms with van der Waals surface area (Å²) in [5, 5.41) is 0. The molecule has 0 spiro atoms. The molecule has 0 fully saturated rings. The zero-order valence-corrected chi connectivity index (χ0v) is 11.9. The highest BCUT2D eigenvalue weighted by Gasteiger charge is 2.00. The summed E-state index contributed by atoms with van der Waals surface area (Å²) < 4.78 is 11.4. The highest BCUT2D eigenvalue weighted by atomic mass is 32.1. The van der Waals surface area contributed by atoms with Gasteiger partial charge in [0.1, 0.15) is 17.2 Å². The summed E-state index contributed by atoms with van der Waals surface area (Å²) in [6.45, 7) is 2.89. The molecule has 0 saturated heterocycles. The minimum atomic E-state index is 0.744. The summed E-state index contributed by atoms with van der Waals surface area (Å²) in [5.74, 6) is 2.42. The molecular formula is C16H18O2S. The van der Waals surface area contributed by atoms with E-state index in [1.165, 1.54) is 0 Å². The van der Waals surface area contributed by atoms with Crippen molar-refractivity contribution in [2.75, 3.05) is 6.61 Å². The van der Waals surface area contributed by atoms with Crippen LogP contribution in [-0.4, -0.2) is 6.61 Å². The predicted molar refractivity (Wildman–Crippen MR) is 80.6 cm³/mol. The van der Waals surface area contributed by atoms with Gasteiger partial charge >= 0.3 is 0 Å². The molecule has 0 saturated carbocycles. The van der Waals surface area contributed by atoms with Crippen LogP contribution in [0.25, 0.3) is 0 Å². The lowest BCUT2D eigenvalue weighted by Gasteiger charge is -2.09. The Balaban J connectivity index is 2.00. The predicted octanol–water partition coefficient (Wildman–Crippen LogP) is 4.95. The third-order valence-electron chi connectivity index (χ3n) is 2.64. The first kappa shape index (κ1) is 13.8. The van der Waals surface area contributed by atoms with Crippen molar-refractivity contribution in [2.24, 2.45) is 0 Å². The van der Waals surface area contributed by atoms with Crippen LogP contribution in [0.5, 0.6) is 17.2 Å². The Morgan fingerprint density at radius 3 is 2.42 bits per heavy atom. The van der Waals surface area contributed by atoms with Gasteiger partial charge in [0.25, 0.3) is 0 Å². The first-order valence-electron chi connectivity index (χ1n) is 6.47. The molecule has 0 aliphatic heterocycles. The Labute approximate surface area is 119 Å². The number of hydrogen-bond donors (Lipinski definition) is 1. The van der Waals surface area contributed by atoms with E-state index in [2.05, 4.69) is 19.6 Å². The molecule has 0 radical (unpaired) electrons. The molecule has 3 heteroatoms. The summed E-state index contributed by atoms with van der Waals surface area (Å²) in [5.41, 5.74) is 0. The summed E-state index contributed by atoms with van der Waals surface area (Å²) in [6.07, 6.45) is 2.20. The smallest absolute Gasteiger partial charge is 0.131 e. The molecule has 19 heavy (non-hydrogen) atoms. The summed E-state index contributed by atoms with van der Waals surface area (Å²) >= 11 is 4.25. The van der Waals surface area contributed by atoms with Crippen LogP contribution in [0.4, 0.5) is 0 Å². The molecule has 2 aromatic carbocycles. The molecule has 100 valence electrons. The Morgan fingerprint density at radius 2 is 1.68 bits per heavy atom. The SMILES string of the molecule is CCCCOc1cccc(Oc2ccc(S)cc2)c1. The van der Waals surface area contributed by atoms with Crippen molar-refractivity contribution in [3.63, 3.8) is 0 Å². The average Bonchev–Trinajstić information content (AvgIpc) is 2.42. The minimum absolute atomic E-state index is 0.744. The molecule has 0 N–H and O–H groups in total. The van der Waals surface area contributed by atoms with Gasteiger partial charge in [-0.2, -0.15) is 0 Å². The normalized spacial score (nSPS) is 10.2. The van der Waals surface area contributed by atoms with Crippen LogP contribution in [-0.2, 0) is 0 Å². The maximum absolute atomic E-state index is 5.77. The van der Waals surface area contributed by atoms with E-state index in [0.29, 0.717) is 0 Å². The molecule has 0 unspecified atom stereocenters. The van der Waals surface area contributed by atoms with Crippen molar-refractivity contribution in [1.82, 2.24) is 0 Å². The van der Waals surface area contributed by atoms with Crippen molar-refractivity contribution in [3.05, 3.63) is 48.5 Å². The molecule has 0 atom stereocenters. The number of ether oxygens (including phenoxy) is 2. The Kier molecular flexibility index (Phi) is 5.16. The summed E-state index contributed by atoms with van der Waals surface area (Å²) in [6, 6.07) is 15.3. The van der Waals surface area contributed by atoms with E-state index in [1.807, 2.05) is 48.5 Å². The first-order valence-corrected chi connectivity index (χ1v) is 6.92. The number of thiol groups is 1. The van der Waals surface area contributed by atoms with Gasteiger partial charge in [0.2, 0.25) is 0 Å². The number of benzene rings is 2. The van der Waals surface area contributed by atoms with Gasteiger partial charge in [-0.3, -0.25) is 0 Å². The molecule has 2 nitrogen and oxygen atoms in total. The van der Waals surface area contributed by atoms with Crippen LogP contribution < -0.4 is 9.47 Å². The molecule has 2 aromatic rings. The van der Waals surface area contributed by atoms with Crippen molar-refractivity contribution >= 4 is 12.6 Å². The van der Waals surface area contributed by atoms with E-state index >= 15 is 0 Å². The third-order valence-corrected chi connectivity index (χ3v) is 2.94. The standard InChI is InChI=1S/C16H18O2S/c1-2-3-11-17-14-5-4-6-15(12-14)18-13-7-9-16(19)10-8-13/h4-10,12,19H,2-3,11H2,1H3. The first-order chi connectivity index (χ1) is 9.28. The Hall–Kier alpha value is -1.61. The van der Waals surface area contributed by atoms with Crippen LogP contribution in [0.1, 0.15) is 19.8 Å². The number of unbranched alkanes of at least 4 members (excludes halogenated alkanes) is 1. The van der Waals surface area contributed by atoms with Crippen LogP contribution in [0.3, 0.4) is 0 Å². The highest BCUT2D eigenvalue weighted by Crippen LogP contribution is 2.26. The summed E-state index contributed by atoms with van der Waals surface area (Å²) in [7, 11) is 0. The molecule has 0 amide bonds. The molecule has 0 aliphatic carbocycles. The van der Waals surface area contributed by atoms with Crippen LogP contribution in [0, 0.1) is 0 Å². The van der Waals surface area contributed by atoms with E-state index in [9.17, 15) is 0 Å². The van der Waals surface area contributed by atoms with Gasteiger partial charge in [-0.05, 0) is 42.8 Å². The van der Waals surface area contributed by atoms with Gasteiger partial charge in [-0.25, -0.2) is 0 Å². The fourth-order valence-corrected chi connectivity index (χ4v) is 1.76. The van der Waals surface area contributed by atoms with Gasteiger partial charge < -0.3 is 9.47 Å². The largest absolute Gasteiger partial charge is 0.493 e. The lowest BCUT2D eigenvalue weighted by Crippen LogP contribution is -1.96. The monoisotopic (exact) mass is 274 g/mol. The molecule has 2 rings (SSSR count). The van der Waals surface area contributed by atoms with Crippen LogP contribution in [0.2, 0.25) is 0 Å². The zero-order valence-electron chi connectivity index (χ0n) is 11.0. The van der Waals surface area contributed by atoms with E-state index in [0.717, 1.165) is 41.6 Å². The van der Waals surface area contributed by atoms with Gasteiger partial charge in [-0.1, -0.05) is 19.4 Å². The van der Waals surface area contributed by atoms with E-state index in [4.69, 9.17) is 9.47 Å². The van der Waals surface area contributed by atoms with Gasteiger partial charge in [0.15, 0.2) is 0 Å². The third kappa shape index (κ3) is 4.52. The van der Waals surface area contributed by atoms with Crippen LogP contribution in [0.15, 0.2) is 53.4 Å². The van der Waals surface area contributed by atoms with Gasteiger partial charge in [0, 0.05) is 11.0 Å². The highest BCUT2D eigenvalue weighted by molar-refractivity contribution is 7.80. The summed E-state index contributed by atoms with van der Waals surface area (Å²) in [4.78, 5) is 0.920. The lowest BCUT2D eigenvalue weighted by atomic mass is 10.3. The fourth-order valence-electron chi connectivity index (χ4n) is 1.61. The maximum Gasteiger partial charge on any atom is 0.131 e. The topological polar surface area (TPSA) is 18.5 Å². The average molecular weight is 274 g/mol. The number of rotatable bonds is 6. The number of hydrogen-bond acceptors (Lipinski definition) is 3. The van der Waals surface area contributed by atoms with Crippen LogP contribution >= 0.6 is 12.6 Å². The fraction of sp³-hybridized carbons (Fsp3) is 0.250. The van der Waals surface area contributed by atoms with Crippen molar-refractivity contribution in [1.29, 1.82) is 0 Å². The second-order valence-corrected chi connectivity index (χ2v) is 4.79. The molecule has 0 heterocycles. The van der Waals surface area contributed by atoms with Crippen molar-refractivity contribution in [3.8, 4) is 17.2 Å². The lowest BCUT2D eigenvalue weighted by molar-refractivity contribution is 0.308. The molecule has 0 aliphatic rings. The second kappa shape index (κ2) is 7.10. The van der Waals surface area contributed by atoms with E-state index in [1.54, 1.807) is 0 Å². The maximum atomic E-state index is 5.77. The van der Waals surface area contributed by atoms with Crippen molar-refractivity contribution in [2.45, 2.75) is 24.7 Å². The molecule has 0 aromatic heterocycles. The van der Waals surface area contributed by atoms with Crippen molar-refractivity contribution < 1.29 is 9.47 Å². The van der Waals surface area contributed by atoms with Gasteiger partial charge in [-0.15, -0.1) is 12.6 Å². The quantitative estimate of drug-likeness (QED) is 0.593. The minimum Gasteiger partial charge on any atom is -0.493 e. The Bertz CT molecular complexity index is 508. The Morgan fingerprint density at radius 1 is 0.947 bits per heavy atom. The van der Waals surface area contributed by atoms with E-state index < -0.39 is 0 Å². The molecule has 0 bridgehead atoms. The molecular weight excluding hydrogens is 256 g/mol. The zero-order chi connectivity index (χ0) is 13.5. The van der Waals surface area contributed by atoms with E-state index in [-0.39, 0.29) is 0 Å².